The Morgan fingerprint density at radius 1 is 1.41 bits per heavy atom. The molecule has 6 heterocycles. The van der Waals surface area contributed by atoms with Gasteiger partial charge in [0, 0.05) is 50.9 Å². The number of imidazole rings is 1. The molecule has 3 aliphatic rings. The molecule has 0 spiro atoms. The fraction of sp³-hybridized carbons (Fsp3) is 0.524. The monoisotopic (exact) mass is 438 g/mol. The second-order valence-corrected chi connectivity index (χ2v) is 8.76. The number of piperazine rings is 1. The molecule has 0 radical (unpaired) electrons. The molecule has 3 fully saturated rings. The number of hydrogen-bond acceptors (Lipinski definition) is 9. The number of fused-ring (bicyclic) bond motifs is 3. The Morgan fingerprint density at radius 3 is 3.16 bits per heavy atom. The molecule has 3 saturated heterocycles. The van der Waals surface area contributed by atoms with E-state index >= 15 is 0 Å². The molecule has 2 bridgehead atoms. The van der Waals surface area contributed by atoms with E-state index in [1.165, 1.54) is 0 Å². The van der Waals surface area contributed by atoms with Gasteiger partial charge in [0.05, 0.1) is 24.5 Å². The van der Waals surface area contributed by atoms with Gasteiger partial charge in [0.1, 0.15) is 11.2 Å². The molecule has 2 N–H and O–H groups in total. The second-order valence-electron chi connectivity index (χ2n) is 8.76. The number of rotatable bonds is 5. The topological polar surface area (TPSA) is 113 Å². The molecule has 3 atom stereocenters. The first-order valence-corrected chi connectivity index (χ1v) is 11.1. The lowest BCUT2D eigenvalue weighted by atomic mass is 10.1. The number of aromatic nitrogens is 5. The number of anilines is 2. The molecule has 3 aromatic rings. The molecule has 0 aliphatic carbocycles. The van der Waals surface area contributed by atoms with Crippen LogP contribution in [-0.4, -0.2) is 81.9 Å². The molecule has 6 rings (SSSR count). The molecule has 0 saturated carbocycles. The van der Waals surface area contributed by atoms with Crippen molar-refractivity contribution in [2.24, 2.45) is 0 Å². The van der Waals surface area contributed by atoms with E-state index in [1.54, 1.807) is 6.20 Å². The van der Waals surface area contributed by atoms with Gasteiger partial charge in [-0.05, 0) is 19.4 Å². The summed E-state index contributed by atoms with van der Waals surface area (Å²) in [5.41, 5.74) is 2.76. The van der Waals surface area contributed by atoms with Crippen molar-refractivity contribution in [1.29, 1.82) is 0 Å². The summed E-state index contributed by atoms with van der Waals surface area (Å²) in [6.07, 6.45) is 5.21. The minimum atomic E-state index is -0.899. The van der Waals surface area contributed by atoms with Crippen LogP contribution in [0.2, 0.25) is 0 Å². The average molecular weight is 438 g/mol. The molecule has 3 aliphatic heterocycles. The van der Waals surface area contributed by atoms with Crippen LogP contribution in [0.25, 0.3) is 17.0 Å². The fourth-order valence-electron chi connectivity index (χ4n) is 5.13. The molecule has 3 aromatic heterocycles. The van der Waals surface area contributed by atoms with E-state index in [9.17, 15) is 4.79 Å². The Bertz CT molecular complexity index is 1130. The SMILES string of the molecule is C[C@@H]1CNCCN1c1cc(N2CC3CCC(OC=O)(C2)O3)nn2c(-c3cc[nH]n3)ncc12. The van der Waals surface area contributed by atoms with Crippen LogP contribution in [0, 0.1) is 0 Å². The van der Waals surface area contributed by atoms with Gasteiger partial charge in [0.2, 0.25) is 5.79 Å². The third kappa shape index (κ3) is 3.11. The quantitative estimate of drug-likeness (QED) is 0.558. The van der Waals surface area contributed by atoms with Crippen LogP contribution in [-0.2, 0) is 14.3 Å². The summed E-state index contributed by atoms with van der Waals surface area (Å²) in [7, 11) is 0. The van der Waals surface area contributed by atoms with Crippen molar-refractivity contribution in [3.05, 3.63) is 24.5 Å². The summed E-state index contributed by atoms with van der Waals surface area (Å²) in [6, 6.07) is 4.35. The number of nitrogens with zero attached hydrogens (tertiary/aromatic N) is 6. The van der Waals surface area contributed by atoms with Crippen LogP contribution in [0.1, 0.15) is 19.8 Å². The molecule has 0 aromatic carbocycles. The predicted octanol–water partition coefficient (Wildman–Crippen LogP) is 0.786. The van der Waals surface area contributed by atoms with Crippen LogP contribution in [0.3, 0.4) is 0 Å². The van der Waals surface area contributed by atoms with Crippen LogP contribution in [0.5, 0.6) is 0 Å². The van der Waals surface area contributed by atoms with Gasteiger partial charge in [0.25, 0.3) is 6.47 Å². The summed E-state index contributed by atoms with van der Waals surface area (Å²) >= 11 is 0. The zero-order valence-electron chi connectivity index (χ0n) is 17.9. The highest BCUT2D eigenvalue weighted by Gasteiger charge is 2.49. The van der Waals surface area contributed by atoms with Gasteiger partial charge in [-0.2, -0.15) is 5.10 Å². The van der Waals surface area contributed by atoms with Crippen LogP contribution in [0.4, 0.5) is 11.5 Å². The van der Waals surface area contributed by atoms with Crippen molar-refractivity contribution < 1.29 is 14.3 Å². The maximum Gasteiger partial charge on any atom is 0.295 e. The molecule has 0 amide bonds. The number of nitrogens with one attached hydrogen (secondary N) is 2. The Balaban J connectivity index is 1.48. The van der Waals surface area contributed by atoms with E-state index in [4.69, 9.17) is 14.6 Å². The molecule has 168 valence electrons. The Labute approximate surface area is 184 Å². The van der Waals surface area contributed by atoms with E-state index in [2.05, 4.69) is 43.3 Å². The summed E-state index contributed by atoms with van der Waals surface area (Å²) in [5, 5.41) is 15.6. The number of carbonyl (C=O) groups is 1. The summed E-state index contributed by atoms with van der Waals surface area (Å²) in [4.78, 5) is 20.4. The highest BCUT2D eigenvalue weighted by atomic mass is 16.7. The molecule has 11 nitrogen and oxygen atoms in total. The van der Waals surface area contributed by atoms with Gasteiger partial charge >= 0.3 is 0 Å². The Hall–Kier alpha value is -3.18. The number of ether oxygens (including phenoxy) is 2. The Kier molecular flexibility index (Phi) is 4.54. The highest BCUT2D eigenvalue weighted by molar-refractivity contribution is 5.78. The first kappa shape index (κ1) is 19.5. The van der Waals surface area contributed by atoms with E-state index in [-0.39, 0.29) is 6.10 Å². The van der Waals surface area contributed by atoms with Crippen molar-refractivity contribution in [3.63, 3.8) is 0 Å². The largest absolute Gasteiger partial charge is 0.433 e. The maximum absolute atomic E-state index is 11.1. The van der Waals surface area contributed by atoms with Crippen LogP contribution < -0.4 is 15.1 Å². The van der Waals surface area contributed by atoms with E-state index in [0.717, 1.165) is 48.8 Å². The number of aromatic amines is 1. The van der Waals surface area contributed by atoms with Crippen molar-refractivity contribution in [3.8, 4) is 11.5 Å². The van der Waals surface area contributed by atoms with Crippen LogP contribution in [0.15, 0.2) is 24.5 Å². The van der Waals surface area contributed by atoms with Gasteiger partial charge in [-0.3, -0.25) is 9.89 Å². The lowest BCUT2D eigenvalue weighted by Gasteiger charge is -2.40. The summed E-state index contributed by atoms with van der Waals surface area (Å²) < 4.78 is 13.3. The minimum Gasteiger partial charge on any atom is -0.433 e. The first-order valence-electron chi connectivity index (χ1n) is 11.1. The number of H-pyrrole nitrogens is 1. The Morgan fingerprint density at radius 2 is 2.34 bits per heavy atom. The summed E-state index contributed by atoms with van der Waals surface area (Å²) in [6.45, 7) is 6.59. The number of hydrogen-bond donors (Lipinski definition) is 2. The molecule has 32 heavy (non-hydrogen) atoms. The van der Waals surface area contributed by atoms with Gasteiger partial charge in [-0.15, -0.1) is 5.10 Å². The maximum atomic E-state index is 11.1. The highest BCUT2D eigenvalue weighted by Crippen LogP contribution is 2.39. The number of carbonyl (C=O) groups excluding carboxylic acids is 1. The molecular formula is C21H26N8O3. The molecule has 11 heteroatoms. The summed E-state index contributed by atoms with van der Waals surface area (Å²) in [5.74, 6) is 0.591. The third-order valence-corrected chi connectivity index (χ3v) is 6.68. The predicted molar refractivity (Wildman–Crippen MR) is 116 cm³/mol. The number of morpholine rings is 1. The smallest absolute Gasteiger partial charge is 0.295 e. The third-order valence-electron chi connectivity index (χ3n) is 6.68. The van der Waals surface area contributed by atoms with E-state index in [0.29, 0.717) is 37.8 Å². The second kappa shape index (κ2) is 7.45. The lowest BCUT2D eigenvalue weighted by Crippen LogP contribution is -2.52. The van der Waals surface area contributed by atoms with Crippen molar-refractivity contribution in [1.82, 2.24) is 30.1 Å². The van der Waals surface area contributed by atoms with Gasteiger partial charge in [-0.25, -0.2) is 9.50 Å². The van der Waals surface area contributed by atoms with Crippen molar-refractivity contribution in [2.75, 3.05) is 42.5 Å². The lowest BCUT2D eigenvalue weighted by molar-refractivity contribution is -0.216. The zero-order chi connectivity index (χ0) is 21.7. The minimum absolute atomic E-state index is 0.0105. The van der Waals surface area contributed by atoms with Gasteiger partial charge < -0.3 is 24.6 Å². The average Bonchev–Trinajstić information content (AvgIpc) is 3.53. The van der Waals surface area contributed by atoms with Crippen molar-refractivity contribution >= 4 is 23.5 Å². The fourth-order valence-corrected chi connectivity index (χ4v) is 5.13. The van der Waals surface area contributed by atoms with E-state index < -0.39 is 5.79 Å². The normalized spacial score (nSPS) is 27.8. The molecular weight excluding hydrogens is 412 g/mol. The van der Waals surface area contributed by atoms with Crippen LogP contribution >= 0.6 is 0 Å². The standard InChI is InChI=1S/C21H26N8O3/c1-14-9-22-6-7-28(14)17-8-19(27-11-15-2-4-21(12-27,32-15)31-13-30)26-29-18(17)10-23-20(29)16-3-5-24-25-16/h3,5,8,10,13-15,22H,2,4,6-7,9,11-12H2,1H3,(H,24,25)/t14-,15?,21?/m1/s1. The van der Waals surface area contributed by atoms with Crippen molar-refractivity contribution in [2.45, 2.75) is 37.7 Å². The first-order chi connectivity index (χ1) is 15.7. The van der Waals surface area contributed by atoms with E-state index in [1.807, 2.05) is 16.8 Å². The van der Waals surface area contributed by atoms with Gasteiger partial charge in [0.15, 0.2) is 11.6 Å². The zero-order valence-corrected chi connectivity index (χ0v) is 17.9. The molecule has 2 unspecified atom stereocenters. The van der Waals surface area contributed by atoms with Gasteiger partial charge in [-0.1, -0.05) is 0 Å².